The summed E-state index contributed by atoms with van der Waals surface area (Å²) < 4.78 is 33.4. The number of hydrogen-bond acceptors (Lipinski definition) is 7. The number of methoxy groups -OCH3 is 1. The van der Waals surface area contributed by atoms with Crippen molar-refractivity contribution in [1.82, 2.24) is 4.57 Å². The molecule has 7 nitrogen and oxygen atoms in total. The van der Waals surface area contributed by atoms with Crippen LogP contribution < -0.4 is 24.4 Å². The minimum atomic E-state index is -0.821. The fraction of sp³-hybridized carbons (Fsp3) is 0.194. The standard InChI is InChI=1S/C31H25ClFIN2O5S/c1-4-40-30(38)26-17(2)35-31-36(27(26)19-9-11-21(33)12-10-19)29(37)25(42-31)15-18-13-23(34)28(24(14-18)39-3)41-16-20-7-5-6-8-22(20)32/h5-15,27H,4,16H2,1-3H3/b25-15-/t27-/m0/s1. The lowest BCUT2D eigenvalue weighted by atomic mass is 9.96. The molecule has 0 spiro atoms. The van der Waals surface area contributed by atoms with Gasteiger partial charge in [0, 0.05) is 10.6 Å². The SMILES string of the molecule is CCOC(=O)C1=C(C)N=c2s/c(=C\c3cc(I)c(OCc4ccccc4Cl)c(OC)c3)c(=O)n2[C@H]1c1ccc(F)cc1. The molecule has 3 aromatic carbocycles. The highest BCUT2D eigenvalue weighted by atomic mass is 127. The van der Waals surface area contributed by atoms with E-state index < -0.39 is 17.8 Å². The lowest BCUT2D eigenvalue weighted by molar-refractivity contribution is -0.139. The number of carbonyl (C=O) groups excluding carboxylic acids is 1. The summed E-state index contributed by atoms with van der Waals surface area (Å²) in [5.41, 5.74) is 2.46. The van der Waals surface area contributed by atoms with Gasteiger partial charge in [-0.25, -0.2) is 14.2 Å². The van der Waals surface area contributed by atoms with Crippen molar-refractivity contribution in [2.45, 2.75) is 26.5 Å². The Morgan fingerprint density at radius 3 is 2.62 bits per heavy atom. The van der Waals surface area contributed by atoms with Gasteiger partial charge in [-0.1, -0.05) is 53.3 Å². The average molecular weight is 719 g/mol. The largest absolute Gasteiger partial charge is 0.493 e. The first-order valence-electron chi connectivity index (χ1n) is 12.9. The quantitative estimate of drug-likeness (QED) is 0.171. The normalized spacial score (nSPS) is 14.8. The number of benzene rings is 3. The van der Waals surface area contributed by atoms with Gasteiger partial charge in [0.15, 0.2) is 16.3 Å². The first-order valence-corrected chi connectivity index (χ1v) is 15.2. The van der Waals surface area contributed by atoms with Gasteiger partial charge < -0.3 is 14.2 Å². The number of allylic oxidation sites excluding steroid dienone is 1. The van der Waals surface area contributed by atoms with Gasteiger partial charge in [0.05, 0.1) is 39.1 Å². The number of ether oxygens (including phenoxy) is 3. The molecule has 0 bridgehead atoms. The van der Waals surface area contributed by atoms with Gasteiger partial charge in [-0.05, 0) is 84.0 Å². The summed E-state index contributed by atoms with van der Waals surface area (Å²) in [5, 5.41) is 0.610. The van der Waals surface area contributed by atoms with E-state index in [0.717, 1.165) is 9.13 Å². The molecule has 216 valence electrons. The Morgan fingerprint density at radius 2 is 1.93 bits per heavy atom. The monoisotopic (exact) mass is 718 g/mol. The van der Waals surface area contributed by atoms with Crippen molar-refractivity contribution in [3.05, 3.63) is 123 Å². The number of halogens is 3. The molecule has 0 saturated carbocycles. The van der Waals surface area contributed by atoms with Crippen LogP contribution in [0.2, 0.25) is 5.02 Å². The molecule has 1 aliphatic heterocycles. The van der Waals surface area contributed by atoms with E-state index in [0.29, 0.717) is 42.7 Å². The number of fused-ring (bicyclic) bond motifs is 1. The Hall–Kier alpha value is -3.48. The number of carbonyl (C=O) groups is 1. The zero-order valence-electron chi connectivity index (χ0n) is 22.8. The second-order valence-electron chi connectivity index (χ2n) is 9.27. The van der Waals surface area contributed by atoms with Crippen LogP contribution in [0, 0.1) is 9.39 Å². The third-order valence-electron chi connectivity index (χ3n) is 6.58. The van der Waals surface area contributed by atoms with Crippen LogP contribution in [0.15, 0.2) is 81.7 Å². The van der Waals surface area contributed by atoms with Gasteiger partial charge in [0.25, 0.3) is 5.56 Å². The van der Waals surface area contributed by atoms with Crippen molar-refractivity contribution in [2.24, 2.45) is 4.99 Å². The summed E-state index contributed by atoms with van der Waals surface area (Å²) in [6.07, 6.45) is 1.75. The summed E-state index contributed by atoms with van der Waals surface area (Å²) >= 11 is 9.65. The van der Waals surface area contributed by atoms with Crippen molar-refractivity contribution in [1.29, 1.82) is 0 Å². The highest BCUT2D eigenvalue weighted by molar-refractivity contribution is 14.1. The number of hydrogen-bond donors (Lipinski definition) is 0. The van der Waals surface area contributed by atoms with Gasteiger partial charge in [-0.15, -0.1) is 0 Å². The van der Waals surface area contributed by atoms with E-state index in [9.17, 15) is 14.0 Å². The molecule has 4 aromatic rings. The van der Waals surface area contributed by atoms with Crippen molar-refractivity contribution in [3.8, 4) is 11.5 Å². The second kappa shape index (κ2) is 12.8. The Morgan fingerprint density at radius 1 is 1.19 bits per heavy atom. The zero-order chi connectivity index (χ0) is 30.0. The van der Waals surface area contributed by atoms with Gasteiger partial charge in [0.1, 0.15) is 12.4 Å². The lowest BCUT2D eigenvalue weighted by Crippen LogP contribution is -2.39. The van der Waals surface area contributed by atoms with Gasteiger partial charge in [0.2, 0.25) is 0 Å². The minimum absolute atomic E-state index is 0.161. The number of rotatable bonds is 8. The van der Waals surface area contributed by atoms with Crippen molar-refractivity contribution >= 4 is 57.6 Å². The molecule has 0 aliphatic carbocycles. The van der Waals surface area contributed by atoms with Crippen molar-refractivity contribution in [3.63, 3.8) is 0 Å². The Kier molecular flexibility index (Phi) is 9.14. The third-order valence-corrected chi connectivity index (χ3v) is 8.74. The van der Waals surface area contributed by atoms with Crippen LogP contribution in [0.4, 0.5) is 4.39 Å². The fourth-order valence-corrected chi connectivity index (χ4v) is 6.65. The van der Waals surface area contributed by atoms with E-state index in [1.54, 1.807) is 51.3 Å². The van der Waals surface area contributed by atoms with Crippen LogP contribution in [0.1, 0.15) is 36.6 Å². The maximum Gasteiger partial charge on any atom is 0.338 e. The highest BCUT2D eigenvalue weighted by Gasteiger charge is 2.33. The van der Waals surface area contributed by atoms with E-state index in [4.69, 9.17) is 25.8 Å². The van der Waals surface area contributed by atoms with E-state index in [1.165, 1.54) is 28.0 Å². The van der Waals surface area contributed by atoms with Crippen LogP contribution in [-0.4, -0.2) is 24.3 Å². The van der Waals surface area contributed by atoms with E-state index in [1.807, 2.05) is 24.3 Å². The highest BCUT2D eigenvalue weighted by Crippen LogP contribution is 2.35. The summed E-state index contributed by atoms with van der Waals surface area (Å²) in [6.45, 7) is 3.83. The van der Waals surface area contributed by atoms with E-state index >= 15 is 0 Å². The topological polar surface area (TPSA) is 79.1 Å². The molecular formula is C31H25ClFIN2O5S. The molecule has 0 N–H and O–H groups in total. The average Bonchev–Trinajstić information content (AvgIpc) is 3.26. The number of nitrogens with zero attached hydrogens (tertiary/aromatic N) is 2. The Labute approximate surface area is 263 Å². The second-order valence-corrected chi connectivity index (χ2v) is 11.8. The van der Waals surface area contributed by atoms with Crippen LogP contribution in [0.5, 0.6) is 11.5 Å². The molecule has 1 atom stereocenters. The smallest absolute Gasteiger partial charge is 0.338 e. The third kappa shape index (κ3) is 6.02. The Bertz CT molecular complexity index is 1880. The van der Waals surface area contributed by atoms with E-state index in [-0.39, 0.29) is 24.3 Å². The maximum atomic E-state index is 13.9. The van der Waals surface area contributed by atoms with E-state index in [2.05, 4.69) is 27.6 Å². The summed E-state index contributed by atoms with van der Waals surface area (Å²) in [6, 6.07) is 16.0. The number of esters is 1. The predicted octanol–water partition coefficient (Wildman–Crippen LogP) is 5.78. The summed E-state index contributed by atoms with van der Waals surface area (Å²) in [4.78, 5) is 31.9. The molecule has 0 radical (unpaired) electrons. The van der Waals surface area contributed by atoms with Crippen LogP contribution in [-0.2, 0) is 16.1 Å². The molecule has 1 aliphatic rings. The van der Waals surface area contributed by atoms with Crippen LogP contribution >= 0.6 is 45.5 Å². The molecule has 0 amide bonds. The first-order chi connectivity index (χ1) is 20.2. The fourth-order valence-electron chi connectivity index (χ4n) is 4.63. The number of thiazole rings is 1. The molecular weight excluding hydrogens is 694 g/mol. The molecule has 42 heavy (non-hydrogen) atoms. The zero-order valence-corrected chi connectivity index (χ0v) is 26.6. The Balaban J connectivity index is 1.58. The lowest BCUT2D eigenvalue weighted by Gasteiger charge is -2.24. The van der Waals surface area contributed by atoms with Crippen molar-refractivity contribution in [2.75, 3.05) is 13.7 Å². The van der Waals surface area contributed by atoms with Gasteiger partial charge in [-0.3, -0.25) is 9.36 Å². The summed E-state index contributed by atoms with van der Waals surface area (Å²) in [5.74, 6) is 0.0571. The minimum Gasteiger partial charge on any atom is -0.493 e. The molecule has 1 aromatic heterocycles. The molecule has 5 rings (SSSR count). The first kappa shape index (κ1) is 30.0. The molecule has 0 unspecified atom stereocenters. The molecule has 0 fully saturated rings. The molecule has 11 heteroatoms. The molecule has 2 heterocycles. The van der Waals surface area contributed by atoms with Crippen molar-refractivity contribution < 1.29 is 23.4 Å². The van der Waals surface area contributed by atoms with Crippen LogP contribution in [0.3, 0.4) is 0 Å². The van der Waals surface area contributed by atoms with Gasteiger partial charge >= 0.3 is 5.97 Å². The molecule has 0 saturated heterocycles. The number of aromatic nitrogens is 1. The van der Waals surface area contributed by atoms with Crippen LogP contribution in [0.25, 0.3) is 6.08 Å². The maximum absolute atomic E-state index is 13.9. The predicted molar refractivity (Wildman–Crippen MR) is 168 cm³/mol. The van der Waals surface area contributed by atoms with Gasteiger partial charge in [-0.2, -0.15) is 0 Å². The summed E-state index contributed by atoms with van der Waals surface area (Å²) in [7, 11) is 1.55.